The molecule has 4 heterocycles. The first-order valence-corrected chi connectivity index (χ1v) is 17.1. The fourth-order valence-electron chi connectivity index (χ4n) is 7.19. The summed E-state index contributed by atoms with van der Waals surface area (Å²) in [5.74, 6) is 0.831. The number of hydrogen-bond acceptors (Lipinski definition) is 4. The zero-order valence-electron chi connectivity index (χ0n) is 27.5. The van der Waals surface area contributed by atoms with Crippen molar-refractivity contribution in [2.75, 3.05) is 0 Å². The molecular formula is C47H29N3O. The fourth-order valence-corrected chi connectivity index (χ4v) is 7.19. The minimum atomic E-state index is 0.828. The molecule has 0 spiro atoms. The van der Waals surface area contributed by atoms with E-state index in [1.54, 1.807) is 0 Å². The molecule has 0 aliphatic carbocycles. The topological polar surface area (TPSA) is 51.8 Å². The van der Waals surface area contributed by atoms with Gasteiger partial charge in [0.05, 0.1) is 39.0 Å². The summed E-state index contributed by atoms with van der Waals surface area (Å²) in [6.45, 7) is 0. The standard InChI is InChI=1S/C47H29N3O/c1-4-13-30(14-5-1)38-27-25-32-23-24-33-26-28-39(49-45(33)44(32)48-38)35-19-12-20-36(29-35)43-42-41(31-15-6-2-7-16-31)46(34-17-8-3-9-18-34)51-47(42)37-21-10-11-22-40(37)50-43/h1-29H. The van der Waals surface area contributed by atoms with E-state index < -0.39 is 0 Å². The van der Waals surface area contributed by atoms with E-state index in [0.717, 1.165) is 99.9 Å². The van der Waals surface area contributed by atoms with Gasteiger partial charge in [-0.05, 0) is 35.9 Å². The Labute approximate surface area is 294 Å². The Morgan fingerprint density at radius 2 is 0.922 bits per heavy atom. The Morgan fingerprint density at radius 1 is 0.392 bits per heavy atom. The van der Waals surface area contributed by atoms with Crippen LogP contribution in [0.15, 0.2) is 180 Å². The molecule has 4 nitrogen and oxygen atoms in total. The molecule has 238 valence electrons. The highest BCUT2D eigenvalue weighted by atomic mass is 16.3. The first-order chi connectivity index (χ1) is 25.3. The number of fused-ring (bicyclic) bond motifs is 6. The van der Waals surface area contributed by atoms with Crippen molar-refractivity contribution in [3.63, 3.8) is 0 Å². The van der Waals surface area contributed by atoms with Crippen molar-refractivity contribution in [2.24, 2.45) is 0 Å². The van der Waals surface area contributed by atoms with Crippen LogP contribution >= 0.6 is 0 Å². The third kappa shape index (κ3) is 4.96. The Morgan fingerprint density at radius 3 is 1.61 bits per heavy atom. The monoisotopic (exact) mass is 651 g/mol. The van der Waals surface area contributed by atoms with Crippen LogP contribution in [0.3, 0.4) is 0 Å². The van der Waals surface area contributed by atoms with Gasteiger partial charge in [-0.15, -0.1) is 0 Å². The SMILES string of the molecule is c1ccc(-c2ccc3ccc4ccc(-c5cccc(-c6nc7ccccc7c7oc(-c8ccccc8)c(-c8ccccc8)c67)c5)nc4c3n2)cc1. The zero-order valence-corrected chi connectivity index (χ0v) is 27.5. The Kier molecular flexibility index (Phi) is 6.78. The highest BCUT2D eigenvalue weighted by molar-refractivity contribution is 6.17. The third-order valence-electron chi connectivity index (χ3n) is 9.65. The Hall–Kier alpha value is -6.91. The second-order valence-electron chi connectivity index (χ2n) is 12.8. The van der Waals surface area contributed by atoms with Gasteiger partial charge in [0.15, 0.2) is 0 Å². The van der Waals surface area contributed by atoms with Gasteiger partial charge in [-0.3, -0.25) is 0 Å². The van der Waals surface area contributed by atoms with Gasteiger partial charge in [0.2, 0.25) is 0 Å². The Bertz CT molecular complexity index is 2900. The van der Waals surface area contributed by atoms with Crippen LogP contribution in [0.25, 0.3) is 99.9 Å². The van der Waals surface area contributed by atoms with Crippen molar-refractivity contribution in [1.82, 2.24) is 15.0 Å². The minimum Gasteiger partial charge on any atom is -0.455 e. The minimum absolute atomic E-state index is 0.828. The number of nitrogens with zero attached hydrogens (tertiary/aromatic N) is 3. The van der Waals surface area contributed by atoms with Crippen LogP contribution in [0.4, 0.5) is 0 Å². The highest BCUT2D eigenvalue weighted by Gasteiger charge is 2.24. The summed E-state index contributed by atoms with van der Waals surface area (Å²) < 4.78 is 6.90. The van der Waals surface area contributed by atoms with Gasteiger partial charge < -0.3 is 4.42 Å². The van der Waals surface area contributed by atoms with Crippen molar-refractivity contribution in [2.45, 2.75) is 0 Å². The number of furan rings is 1. The molecule has 0 radical (unpaired) electrons. The summed E-state index contributed by atoms with van der Waals surface area (Å²) in [7, 11) is 0. The van der Waals surface area contributed by atoms with Gasteiger partial charge in [0.1, 0.15) is 11.3 Å². The average Bonchev–Trinajstić information content (AvgIpc) is 3.62. The lowest BCUT2D eigenvalue weighted by molar-refractivity contribution is 0.636. The average molecular weight is 652 g/mol. The van der Waals surface area contributed by atoms with Crippen LogP contribution < -0.4 is 0 Å². The molecule has 0 N–H and O–H groups in total. The van der Waals surface area contributed by atoms with Crippen molar-refractivity contribution in [3.8, 4) is 56.2 Å². The largest absolute Gasteiger partial charge is 0.455 e. The van der Waals surface area contributed by atoms with E-state index in [9.17, 15) is 0 Å². The van der Waals surface area contributed by atoms with E-state index in [1.807, 2.05) is 42.5 Å². The maximum absolute atomic E-state index is 6.90. The second kappa shape index (κ2) is 11.9. The number of para-hydroxylation sites is 1. The normalized spacial score (nSPS) is 11.5. The predicted octanol–water partition coefficient (Wildman–Crippen LogP) is 12.4. The summed E-state index contributed by atoms with van der Waals surface area (Å²) in [4.78, 5) is 15.7. The maximum atomic E-state index is 6.90. The molecule has 6 aromatic carbocycles. The van der Waals surface area contributed by atoms with E-state index >= 15 is 0 Å². The van der Waals surface area contributed by atoms with E-state index in [-0.39, 0.29) is 0 Å². The number of pyridine rings is 3. The second-order valence-corrected chi connectivity index (χ2v) is 12.8. The van der Waals surface area contributed by atoms with Crippen molar-refractivity contribution in [1.29, 1.82) is 0 Å². The smallest absolute Gasteiger partial charge is 0.147 e. The molecule has 0 fully saturated rings. The molecule has 4 heteroatoms. The zero-order chi connectivity index (χ0) is 33.7. The number of benzene rings is 6. The molecule has 0 unspecified atom stereocenters. The van der Waals surface area contributed by atoms with Gasteiger partial charge >= 0.3 is 0 Å². The van der Waals surface area contributed by atoms with Crippen molar-refractivity contribution < 1.29 is 4.42 Å². The summed E-state index contributed by atoms with van der Waals surface area (Å²) in [6, 6.07) is 60.6. The van der Waals surface area contributed by atoms with Crippen LogP contribution in [0.1, 0.15) is 0 Å². The van der Waals surface area contributed by atoms with Crippen LogP contribution in [-0.4, -0.2) is 15.0 Å². The van der Waals surface area contributed by atoms with Crippen LogP contribution in [0.5, 0.6) is 0 Å². The molecule has 0 bridgehead atoms. The van der Waals surface area contributed by atoms with E-state index in [2.05, 4.69) is 133 Å². The number of rotatable bonds is 5. The van der Waals surface area contributed by atoms with Crippen LogP contribution in [0, 0.1) is 0 Å². The molecule has 10 aromatic rings. The first-order valence-electron chi connectivity index (χ1n) is 17.1. The van der Waals surface area contributed by atoms with Gasteiger partial charge in [-0.25, -0.2) is 15.0 Å². The highest BCUT2D eigenvalue weighted by Crippen LogP contribution is 2.46. The molecule has 51 heavy (non-hydrogen) atoms. The summed E-state index contributed by atoms with van der Waals surface area (Å²) >= 11 is 0. The van der Waals surface area contributed by atoms with Gasteiger partial charge in [0.25, 0.3) is 0 Å². The maximum Gasteiger partial charge on any atom is 0.147 e. The number of aromatic nitrogens is 3. The lowest BCUT2D eigenvalue weighted by Gasteiger charge is -2.11. The first kappa shape index (κ1) is 29.0. The molecule has 0 aliphatic heterocycles. The van der Waals surface area contributed by atoms with E-state index in [0.29, 0.717) is 0 Å². The molecule has 10 rings (SSSR count). The molecule has 0 saturated carbocycles. The molecule has 4 aromatic heterocycles. The quantitative estimate of drug-likeness (QED) is 0.174. The van der Waals surface area contributed by atoms with Gasteiger partial charge in [-0.1, -0.05) is 146 Å². The Balaban J connectivity index is 1.19. The summed E-state index contributed by atoms with van der Waals surface area (Å²) in [5, 5.41) is 4.09. The third-order valence-corrected chi connectivity index (χ3v) is 9.65. The number of hydrogen-bond donors (Lipinski definition) is 0. The molecule has 0 atom stereocenters. The van der Waals surface area contributed by atoms with Crippen molar-refractivity contribution in [3.05, 3.63) is 176 Å². The molecule has 0 aliphatic rings. The van der Waals surface area contributed by atoms with Crippen molar-refractivity contribution >= 4 is 43.7 Å². The summed E-state index contributed by atoms with van der Waals surface area (Å²) in [6.07, 6.45) is 0. The molecular weight excluding hydrogens is 623 g/mol. The van der Waals surface area contributed by atoms with Crippen LogP contribution in [0.2, 0.25) is 0 Å². The van der Waals surface area contributed by atoms with Crippen LogP contribution in [-0.2, 0) is 0 Å². The predicted molar refractivity (Wildman–Crippen MR) is 209 cm³/mol. The van der Waals surface area contributed by atoms with Gasteiger partial charge in [0, 0.05) is 44.0 Å². The summed E-state index contributed by atoms with van der Waals surface area (Å²) in [5.41, 5.74) is 12.4. The van der Waals surface area contributed by atoms with E-state index in [1.165, 1.54) is 0 Å². The fraction of sp³-hybridized carbons (Fsp3) is 0. The van der Waals surface area contributed by atoms with E-state index in [4.69, 9.17) is 19.4 Å². The molecule has 0 amide bonds. The lowest BCUT2D eigenvalue weighted by atomic mass is 9.94. The molecule has 0 saturated heterocycles. The van der Waals surface area contributed by atoms with Gasteiger partial charge in [-0.2, -0.15) is 0 Å². The lowest BCUT2D eigenvalue weighted by Crippen LogP contribution is -1.92.